The molecule has 0 bridgehead atoms. The van der Waals surface area contributed by atoms with Crippen LogP contribution in [0.1, 0.15) is 53.4 Å². The van der Waals surface area contributed by atoms with E-state index < -0.39 is 22.4 Å². The van der Waals surface area contributed by atoms with E-state index in [1.807, 2.05) is 0 Å². The Morgan fingerprint density at radius 3 is 2.27 bits per heavy atom. The minimum Gasteiger partial charge on any atom is -1.00 e. The summed E-state index contributed by atoms with van der Waals surface area (Å²) in [6.45, 7) is 12.1. The molecular formula is C26H29Cl2SiZr. The summed E-state index contributed by atoms with van der Waals surface area (Å²) in [6.07, 6.45) is 3.75. The molecule has 0 aliphatic heterocycles. The first-order valence-corrected chi connectivity index (χ1v) is 18.0. The van der Waals surface area contributed by atoms with Gasteiger partial charge in [0.05, 0.1) is 0 Å². The van der Waals surface area contributed by atoms with Crippen molar-refractivity contribution in [3.8, 4) is 11.1 Å². The molecule has 4 heteroatoms. The zero-order valence-corrected chi connectivity index (χ0v) is 23.4. The molecule has 0 spiro atoms. The van der Waals surface area contributed by atoms with Crippen LogP contribution in [0.25, 0.3) is 28.0 Å². The molecule has 0 nitrogen and oxygen atoms in total. The number of hydrogen-bond acceptors (Lipinski definition) is 0. The molecule has 0 aromatic heterocycles. The van der Waals surface area contributed by atoms with Gasteiger partial charge in [-0.1, -0.05) is 0 Å². The molecule has 1 aliphatic carbocycles. The summed E-state index contributed by atoms with van der Waals surface area (Å²) in [4.78, 5) is 0. The number of halogens is 2. The molecule has 0 N–H and O–H groups in total. The van der Waals surface area contributed by atoms with Crippen molar-refractivity contribution in [3.05, 3.63) is 76.9 Å². The summed E-state index contributed by atoms with van der Waals surface area (Å²) in [5.74, 6) is 0.454. The van der Waals surface area contributed by atoms with Crippen molar-refractivity contribution in [2.24, 2.45) is 0 Å². The number of benzene rings is 3. The van der Waals surface area contributed by atoms with Crippen molar-refractivity contribution in [1.29, 1.82) is 0 Å². The van der Waals surface area contributed by atoms with Gasteiger partial charge in [0, 0.05) is 0 Å². The molecule has 0 saturated carbocycles. The fraction of sp³-hybridized carbons (Fsp3) is 0.308. The van der Waals surface area contributed by atoms with E-state index in [2.05, 4.69) is 94.5 Å². The summed E-state index contributed by atoms with van der Waals surface area (Å²) in [5, 5.41) is 2.66. The van der Waals surface area contributed by atoms with Crippen LogP contribution < -0.4 is 24.8 Å². The maximum Gasteiger partial charge on any atom is -1.00 e. The Balaban J connectivity index is 0.00000160. The van der Waals surface area contributed by atoms with E-state index >= 15 is 0 Å². The van der Waals surface area contributed by atoms with E-state index in [9.17, 15) is 0 Å². The van der Waals surface area contributed by atoms with E-state index in [-0.39, 0.29) is 30.7 Å². The zero-order valence-electron chi connectivity index (χ0n) is 18.4. The Kier molecular flexibility index (Phi) is 9.19. The van der Waals surface area contributed by atoms with Crippen molar-refractivity contribution < 1.29 is 47.2 Å². The third-order valence-electron chi connectivity index (χ3n) is 5.81. The van der Waals surface area contributed by atoms with Crippen molar-refractivity contribution >= 4 is 22.8 Å². The van der Waals surface area contributed by atoms with Gasteiger partial charge in [0.25, 0.3) is 0 Å². The predicted octanol–water partition coefficient (Wildman–Crippen LogP) is 1.82. The molecule has 0 amide bonds. The van der Waals surface area contributed by atoms with Gasteiger partial charge in [0.2, 0.25) is 0 Å². The van der Waals surface area contributed by atoms with Gasteiger partial charge in [-0.2, -0.15) is 0 Å². The first-order chi connectivity index (χ1) is 13.5. The third kappa shape index (κ3) is 5.04. The second-order valence-corrected chi connectivity index (χ2v) is 21.6. The summed E-state index contributed by atoms with van der Waals surface area (Å²) in [6, 6.07) is 20.7. The van der Waals surface area contributed by atoms with Crippen molar-refractivity contribution in [1.82, 2.24) is 0 Å². The molecule has 0 heterocycles. The first kappa shape index (κ1) is 25.6. The van der Waals surface area contributed by atoms with Crippen LogP contribution in [0.2, 0.25) is 13.1 Å². The summed E-state index contributed by atoms with van der Waals surface area (Å²) < 4.78 is 0.797. The minimum atomic E-state index is -0.400. The van der Waals surface area contributed by atoms with E-state index in [0.29, 0.717) is 5.92 Å². The van der Waals surface area contributed by atoms with Gasteiger partial charge in [-0.05, 0) is 0 Å². The number of hydrogen-bond donors (Lipinski definition) is 0. The quantitative estimate of drug-likeness (QED) is 0.441. The molecule has 3 aromatic carbocycles. The Labute approximate surface area is 206 Å². The topological polar surface area (TPSA) is 0 Å². The van der Waals surface area contributed by atoms with E-state index in [1.54, 1.807) is 11.1 Å². The van der Waals surface area contributed by atoms with Crippen LogP contribution in [0.3, 0.4) is 0 Å². The SMILES string of the molecule is CCC1=Cc2c(-c3ccc4ccccc4c3)cc(C(C)C)cc2[CH]1[Zr+2][Si](C)C.[Cl-].[Cl-]. The van der Waals surface area contributed by atoms with Gasteiger partial charge in [-0.25, -0.2) is 0 Å². The molecule has 1 radical (unpaired) electrons. The summed E-state index contributed by atoms with van der Waals surface area (Å²) >= 11 is -0.400. The molecule has 4 rings (SSSR count). The second kappa shape index (κ2) is 10.8. The van der Waals surface area contributed by atoms with Crippen LogP contribution in [0, 0.1) is 0 Å². The number of rotatable bonds is 5. The molecule has 1 atom stereocenters. The zero-order chi connectivity index (χ0) is 19.8. The van der Waals surface area contributed by atoms with Crippen LogP contribution >= 0.6 is 0 Å². The number of allylic oxidation sites excluding steroid dienone is 1. The maximum absolute atomic E-state index is 2.56. The minimum absolute atomic E-state index is 0. The molecule has 1 unspecified atom stereocenters. The van der Waals surface area contributed by atoms with Crippen LogP contribution in [0.15, 0.2) is 60.2 Å². The third-order valence-corrected chi connectivity index (χ3v) is 14.7. The van der Waals surface area contributed by atoms with Crippen LogP contribution in [-0.2, 0) is 22.4 Å². The van der Waals surface area contributed by atoms with E-state index in [0.717, 1.165) is 3.63 Å². The first-order valence-electron chi connectivity index (χ1n) is 10.4. The maximum atomic E-state index is 2.56. The monoisotopic (exact) mass is 529 g/mol. The fourth-order valence-corrected chi connectivity index (χ4v) is 13.2. The molecule has 3 aromatic rings. The molecule has 1 aliphatic rings. The van der Waals surface area contributed by atoms with Gasteiger partial charge >= 0.3 is 183 Å². The predicted molar refractivity (Wildman–Crippen MR) is 122 cm³/mol. The fourth-order valence-electron chi connectivity index (χ4n) is 4.26. The van der Waals surface area contributed by atoms with E-state index in [1.165, 1.54) is 39.4 Å². The van der Waals surface area contributed by atoms with Crippen LogP contribution in [-0.4, -0.2) is 5.92 Å². The molecule has 0 fully saturated rings. The second-order valence-electron chi connectivity index (χ2n) is 8.44. The number of fused-ring (bicyclic) bond motifs is 2. The van der Waals surface area contributed by atoms with Crippen LogP contribution in [0.5, 0.6) is 0 Å². The van der Waals surface area contributed by atoms with Crippen molar-refractivity contribution in [2.45, 2.75) is 49.8 Å². The Morgan fingerprint density at radius 2 is 1.63 bits per heavy atom. The summed E-state index contributed by atoms with van der Waals surface area (Å²) in [5.41, 5.74) is 9.19. The Hall–Kier alpha value is -0.660. The molecule has 155 valence electrons. The Morgan fingerprint density at radius 1 is 0.933 bits per heavy atom. The Bertz CT molecular complexity index is 1060. The molecule has 30 heavy (non-hydrogen) atoms. The molecular weight excluding hydrogens is 503 g/mol. The van der Waals surface area contributed by atoms with Crippen molar-refractivity contribution in [2.75, 3.05) is 0 Å². The largest absolute Gasteiger partial charge is 1.00 e. The van der Waals surface area contributed by atoms with Gasteiger partial charge in [-0.15, -0.1) is 0 Å². The van der Waals surface area contributed by atoms with Gasteiger partial charge in [-0.3, -0.25) is 0 Å². The normalized spacial score (nSPS) is 14.8. The van der Waals surface area contributed by atoms with E-state index in [4.69, 9.17) is 0 Å². The summed E-state index contributed by atoms with van der Waals surface area (Å²) in [7, 11) is 0. The molecule has 0 saturated heterocycles. The van der Waals surface area contributed by atoms with Crippen molar-refractivity contribution in [3.63, 3.8) is 0 Å². The van der Waals surface area contributed by atoms with Gasteiger partial charge in [0.1, 0.15) is 0 Å². The van der Waals surface area contributed by atoms with Crippen LogP contribution in [0.4, 0.5) is 0 Å². The average molecular weight is 532 g/mol. The van der Waals surface area contributed by atoms with Gasteiger partial charge in [0.15, 0.2) is 0 Å². The standard InChI is InChI=1S/C24H23.C2H6Si.2ClH.Zr/c1-4-17-11-22-14-21(16(2)3)15-24(23(22)12-17)20-10-9-18-7-5-6-8-19(18)13-20;1-3-2;;;/h5-16H,4H2,1-3H3;1-2H3;2*1H;/q;;;;+2/p-2. The average Bonchev–Trinajstić information content (AvgIpc) is 3.03. The smallest absolute Gasteiger partial charge is 1.00 e. The van der Waals surface area contributed by atoms with Gasteiger partial charge < -0.3 is 24.8 Å².